The third kappa shape index (κ3) is 4.13. The van der Waals surface area contributed by atoms with Crippen molar-refractivity contribution in [3.8, 4) is 0 Å². The van der Waals surface area contributed by atoms with E-state index in [0.717, 1.165) is 39.3 Å². The van der Waals surface area contributed by atoms with Crippen LogP contribution in [0, 0.1) is 0 Å². The minimum Gasteiger partial charge on any atom is -0.297 e. The van der Waals surface area contributed by atoms with Crippen LogP contribution in [0.5, 0.6) is 0 Å². The molecule has 0 aliphatic carbocycles. The molecule has 2 aromatic rings. The first-order chi connectivity index (χ1) is 10.3. The number of aromatic nitrogens is 1. The van der Waals surface area contributed by atoms with Gasteiger partial charge in [-0.2, -0.15) is 0 Å². The summed E-state index contributed by atoms with van der Waals surface area (Å²) < 4.78 is 1.21. The molecular weight excluding hydrogens is 326 g/mol. The highest BCUT2D eigenvalue weighted by Crippen LogP contribution is 2.18. The lowest BCUT2D eigenvalue weighted by molar-refractivity contribution is 0.122. The first kappa shape index (κ1) is 14.7. The topological polar surface area (TPSA) is 19.4 Å². The molecule has 1 aromatic heterocycles. The number of hydrogen-bond acceptors (Lipinski definition) is 3. The summed E-state index contributed by atoms with van der Waals surface area (Å²) in [6, 6.07) is 12.7. The fourth-order valence-electron chi connectivity index (χ4n) is 2.72. The molecule has 1 aromatic carbocycles. The number of nitrogens with zero attached hydrogens (tertiary/aromatic N) is 3. The van der Waals surface area contributed by atoms with Crippen LogP contribution in [-0.4, -0.2) is 41.0 Å². The van der Waals surface area contributed by atoms with E-state index in [4.69, 9.17) is 0 Å². The lowest BCUT2D eigenvalue weighted by atomic mass is 10.2. The van der Waals surface area contributed by atoms with E-state index >= 15 is 0 Å². The maximum Gasteiger partial charge on any atom is 0.0271 e. The van der Waals surface area contributed by atoms with E-state index in [1.807, 2.05) is 12.4 Å². The van der Waals surface area contributed by atoms with Crippen LogP contribution < -0.4 is 0 Å². The molecule has 2 heterocycles. The Bertz CT molecular complexity index is 565. The molecule has 1 saturated heterocycles. The van der Waals surface area contributed by atoms with Gasteiger partial charge in [0.05, 0.1) is 0 Å². The highest BCUT2D eigenvalue weighted by molar-refractivity contribution is 9.10. The van der Waals surface area contributed by atoms with Crippen molar-refractivity contribution in [1.29, 1.82) is 0 Å². The second-order valence-corrected chi connectivity index (χ2v) is 6.35. The molecule has 0 N–H and O–H groups in total. The van der Waals surface area contributed by atoms with Gasteiger partial charge in [-0.15, -0.1) is 0 Å². The lowest BCUT2D eigenvalue weighted by Gasteiger charge is -2.34. The van der Waals surface area contributed by atoms with Crippen molar-refractivity contribution in [2.75, 3.05) is 26.2 Å². The van der Waals surface area contributed by atoms with Gasteiger partial charge in [0.15, 0.2) is 0 Å². The van der Waals surface area contributed by atoms with Gasteiger partial charge in [-0.25, -0.2) is 0 Å². The smallest absolute Gasteiger partial charge is 0.0271 e. The van der Waals surface area contributed by atoms with E-state index in [9.17, 15) is 0 Å². The molecule has 110 valence electrons. The Morgan fingerprint density at radius 3 is 2.14 bits per heavy atom. The molecule has 3 nitrogen and oxygen atoms in total. The number of benzene rings is 1. The van der Waals surface area contributed by atoms with Crippen molar-refractivity contribution >= 4 is 15.9 Å². The molecule has 0 amide bonds. The highest BCUT2D eigenvalue weighted by Gasteiger charge is 2.17. The maximum atomic E-state index is 4.07. The van der Waals surface area contributed by atoms with Crippen molar-refractivity contribution in [1.82, 2.24) is 14.8 Å². The molecule has 0 spiro atoms. The van der Waals surface area contributed by atoms with Crippen molar-refractivity contribution in [3.63, 3.8) is 0 Å². The van der Waals surface area contributed by atoms with E-state index in [-0.39, 0.29) is 0 Å². The monoisotopic (exact) mass is 345 g/mol. The molecular formula is C17H20BrN3. The van der Waals surface area contributed by atoms with Crippen LogP contribution in [0.25, 0.3) is 0 Å². The predicted molar refractivity (Wildman–Crippen MR) is 88.9 cm³/mol. The second-order valence-electron chi connectivity index (χ2n) is 5.50. The number of rotatable bonds is 4. The van der Waals surface area contributed by atoms with Crippen LogP contribution >= 0.6 is 15.9 Å². The van der Waals surface area contributed by atoms with E-state index in [0.29, 0.717) is 0 Å². The Morgan fingerprint density at radius 2 is 1.48 bits per heavy atom. The fraction of sp³-hybridized carbons (Fsp3) is 0.353. The SMILES string of the molecule is Brc1ccccc1CN1CCN(Cc2ccncc2)CC1. The third-order valence-electron chi connectivity index (χ3n) is 3.97. The predicted octanol–water partition coefficient (Wildman–Crippen LogP) is 3.16. The fourth-order valence-corrected chi connectivity index (χ4v) is 3.13. The van der Waals surface area contributed by atoms with Gasteiger partial charge in [0.25, 0.3) is 0 Å². The number of piperazine rings is 1. The first-order valence-electron chi connectivity index (χ1n) is 7.38. The van der Waals surface area contributed by atoms with Crippen molar-refractivity contribution < 1.29 is 0 Å². The maximum absolute atomic E-state index is 4.07. The normalized spacial score (nSPS) is 17.0. The van der Waals surface area contributed by atoms with E-state index in [1.54, 1.807) is 0 Å². The zero-order valence-electron chi connectivity index (χ0n) is 12.1. The first-order valence-corrected chi connectivity index (χ1v) is 8.17. The van der Waals surface area contributed by atoms with Gasteiger partial charge >= 0.3 is 0 Å². The van der Waals surface area contributed by atoms with Gasteiger partial charge in [0.1, 0.15) is 0 Å². The van der Waals surface area contributed by atoms with Gasteiger partial charge in [0, 0.05) is 56.1 Å². The molecule has 0 unspecified atom stereocenters. The van der Waals surface area contributed by atoms with Crippen LogP contribution in [-0.2, 0) is 13.1 Å². The van der Waals surface area contributed by atoms with Gasteiger partial charge in [-0.05, 0) is 29.3 Å². The van der Waals surface area contributed by atoms with Crippen LogP contribution in [0.2, 0.25) is 0 Å². The summed E-state index contributed by atoms with van der Waals surface area (Å²) in [6.45, 7) is 6.59. The average Bonchev–Trinajstić information content (AvgIpc) is 2.52. The summed E-state index contributed by atoms with van der Waals surface area (Å²) in [5.41, 5.74) is 2.73. The molecule has 21 heavy (non-hydrogen) atoms. The largest absolute Gasteiger partial charge is 0.297 e. The minimum atomic E-state index is 1.03. The molecule has 1 fully saturated rings. The number of hydrogen-bond donors (Lipinski definition) is 0. The van der Waals surface area contributed by atoms with Gasteiger partial charge in [-0.1, -0.05) is 34.1 Å². The molecule has 3 rings (SSSR count). The summed E-state index contributed by atoms with van der Waals surface area (Å²) in [5, 5.41) is 0. The third-order valence-corrected chi connectivity index (χ3v) is 4.75. The zero-order chi connectivity index (χ0) is 14.5. The van der Waals surface area contributed by atoms with Gasteiger partial charge in [-0.3, -0.25) is 14.8 Å². The molecule has 4 heteroatoms. The van der Waals surface area contributed by atoms with Crippen LogP contribution in [0.15, 0.2) is 53.3 Å². The van der Waals surface area contributed by atoms with E-state index in [2.05, 4.69) is 67.1 Å². The number of pyridine rings is 1. The van der Waals surface area contributed by atoms with Crippen LogP contribution in [0.4, 0.5) is 0 Å². The Balaban J connectivity index is 1.50. The standard InChI is InChI=1S/C17H20BrN3/c18-17-4-2-1-3-16(17)14-21-11-9-20(10-12-21)13-15-5-7-19-8-6-15/h1-8H,9-14H2. The van der Waals surface area contributed by atoms with Crippen molar-refractivity contribution in [2.45, 2.75) is 13.1 Å². The number of halogens is 1. The van der Waals surface area contributed by atoms with E-state index in [1.165, 1.54) is 15.6 Å². The highest BCUT2D eigenvalue weighted by atomic mass is 79.9. The summed E-state index contributed by atoms with van der Waals surface area (Å²) >= 11 is 3.64. The molecule has 1 aliphatic heterocycles. The summed E-state index contributed by atoms with van der Waals surface area (Å²) in [6.07, 6.45) is 3.75. The summed E-state index contributed by atoms with van der Waals surface area (Å²) in [5.74, 6) is 0. The quantitative estimate of drug-likeness (QED) is 0.848. The Hall–Kier alpha value is -1.23. The molecule has 0 bridgehead atoms. The summed E-state index contributed by atoms with van der Waals surface area (Å²) in [4.78, 5) is 9.13. The lowest BCUT2D eigenvalue weighted by Crippen LogP contribution is -2.45. The van der Waals surface area contributed by atoms with Crippen molar-refractivity contribution in [2.24, 2.45) is 0 Å². The van der Waals surface area contributed by atoms with E-state index < -0.39 is 0 Å². The van der Waals surface area contributed by atoms with Crippen molar-refractivity contribution in [3.05, 3.63) is 64.4 Å². The summed E-state index contributed by atoms with van der Waals surface area (Å²) in [7, 11) is 0. The van der Waals surface area contributed by atoms with Gasteiger partial charge in [0.2, 0.25) is 0 Å². The van der Waals surface area contributed by atoms with Crippen LogP contribution in [0.1, 0.15) is 11.1 Å². The molecule has 0 radical (unpaired) electrons. The Labute approximate surface area is 134 Å². The van der Waals surface area contributed by atoms with Crippen LogP contribution in [0.3, 0.4) is 0 Å². The average molecular weight is 346 g/mol. The minimum absolute atomic E-state index is 1.03. The Kier molecular flexibility index (Phi) is 5.01. The molecule has 0 atom stereocenters. The Morgan fingerprint density at radius 1 is 0.857 bits per heavy atom. The second kappa shape index (κ2) is 7.16. The van der Waals surface area contributed by atoms with Gasteiger partial charge < -0.3 is 0 Å². The zero-order valence-corrected chi connectivity index (χ0v) is 13.7. The molecule has 0 saturated carbocycles. The molecule has 1 aliphatic rings.